The SMILES string of the molecule is N#CC1=C(N)N2C(=C(C#N)[C@H]1c1ccsc1)Nc1ccccc12. The molecule has 0 unspecified atom stereocenters. The van der Waals surface area contributed by atoms with Crippen molar-refractivity contribution in [2.75, 3.05) is 10.2 Å². The van der Waals surface area contributed by atoms with Gasteiger partial charge in [-0.3, -0.25) is 4.90 Å². The standard InChI is InChI=1S/C17H11N5S/c18-7-11-15(10-5-6-23-9-10)12(8-19)17-21-13-3-1-2-4-14(13)22(17)16(11)20/h1-6,9,15,21H,20H2/t15-/m0/s1. The molecule has 6 heteroatoms. The normalized spacial score (nSPS) is 18.9. The van der Waals surface area contributed by atoms with Gasteiger partial charge in [-0.25, -0.2) is 0 Å². The largest absolute Gasteiger partial charge is 0.384 e. The van der Waals surface area contributed by atoms with E-state index in [0.717, 1.165) is 16.9 Å². The fourth-order valence-corrected chi connectivity index (χ4v) is 3.76. The van der Waals surface area contributed by atoms with Crippen LogP contribution in [0.25, 0.3) is 0 Å². The van der Waals surface area contributed by atoms with Gasteiger partial charge >= 0.3 is 0 Å². The Hall–Kier alpha value is -3.22. The molecule has 0 radical (unpaired) electrons. The van der Waals surface area contributed by atoms with Gasteiger partial charge in [-0.15, -0.1) is 0 Å². The van der Waals surface area contributed by atoms with Crippen molar-refractivity contribution in [1.29, 1.82) is 10.5 Å². The lowest BCUT2D eigenvalue weighted by Gasteiger charge is -2.31. The van der Waals surface area contributed by atoms with E-state index in [4.69, 9.17) is 5.73 Å². The van der Waals surface area contributed by atoms with Gasteiger partial charge in [0, 0.05) is 0 Å². The van der Waals surface area contributed by atoms with Crippen LogP contribution in [0.1, 0.15) is 11.5 Å². The Labute approximate surface area is 137 Å². The predicted octanol–water partition coefficient (Wildman–Crippen LogP) is 3.21. The number of allylic oxidation sites excluding steroid dienone is 2. The summed E-state index contributed by atoms with van der Waals surface area (Å²) in [5.74, 6) is 0.584. The first-order valence-corrected chi connectivity index (χ1v) is 7.92. The molecule has 0 saturated carbocycles. The Kier molecular flexibility index (Phi) is 2.87. The summed E-state index contributed by atoms with van der Waals surface area (Å²) in [6.07, 6.45) is 0. The molecule has 3 heterocycles. The number of nitrogens with two attached hydrogens (primary N) is 1. The number of para-hydroxylation sites is 2. The number of nitriles is 2. The molecule has 0 amide bonds. The molecule has 23 heavy (non-hydrogen) atoms. The van der Waals surface area contributed by atoms with E-state index in [2.05, 4.69) is 17.5 Å². The molecule has 0 saturated heterocycles. The summed E-state index contributed by atoms with van der Waals surface area (Å²) in [6, 6.07) is 14.1. The summed E-state index contributed by atoms with van der Waals surface area (Å²) in [5, 5.41) is 26.5. The number of hydrogen-bond acceptors (Lipinski definition) is 6. The Bertz CT molecular complexity index is 940. The van der Waals surface area contributed by atoms with Gasteiger partial charge in [0.05, 0.1) is 40.6 Å². The molecule has 0 bridgehead atoms. The monoisotopic (exact) mass is 317 g/mol. The van der Waals surface area contributed by atoms with Gasteiger partial charge in [0.25, 0.3) is 0 Å². The zero-order valence-electron chi connectivity index (χ0n) is 11.9. The topological polar surface area (TPSA) is 88.9 Å². The number of anilines is 2. The van der Waals surface area contributed by atoms with Crippen molar-refractivity contribution in [3.63, 3.8) is 0 Å². The third-order valence-corrected chi connectivity index (χ3v) is 4.79. The molecule has 4 rings (SSSR count). The third kappa shape index (κ3) is 1.76. The van der Waals surface area contributed by atoms with Crippen molar-refractivity contribution in [2.24, 2.45) is 5.73 Å². The second-order valence-electron chi connectivity index (χ2n) is 5.25. The molecule has 3 N–H and O–H groups in total. The highest BCUT2D eigenvalue weighted by Gasteiger charge is 2.40. The Morgan fingerprint density at radius 3 is 2.61 bits per heavy atom. The number of nitrogens with one attached hydrogen (secondary N) is 1. The van der Waals surface area contributed by atoms with E-state index < -0.39 is 5.92 Å². The second-order valence-corrected chi connectivity index (χ2v) is 6.03. The van der Waals surface area contributed by atoms with Gasteiger partial charge in [-0.05, 0) is 34.5 Å². The first kappa shape index (κ1) is 13.4. The van der Waals surface area contributed by atoms with Crippen molar-refractivity contribution >= 4 is 22.7 Å². The summed E-state index contributed by atoms with van der Waals surface area (Å²) in [5.41, 5.74) is 9.86. The van der Waals surface area contributed by atoms with Gasteiger partial charge in [-0.1, -0.05) is 12.1 Å². The Morgan fingerprint density at radius 1 is 1.13 bits per heavy atom. The number of thiophene rings is 1. The van der Waals surface area contributed by atoms with E-state index in [9.17, 15) is 10.5 Å². The Morgan fingerprint density at radius 2 is 1.91 bits per heavy atom. The van der Waals surface area contributed by atoms with Crippen molar-refractivity contribution in [3.8, 4) is 12.1 Å². The third-order valence-electron chi connectivity index (χ3n) is 4.09. The molecule has 5 nitrogen and oxygen atoms in total. The van der Waals surface area contributed by atoms with Gasteiger partial charge < -0.3 is 11.1 Å². The number of benzene rings is 1. The first-order valence-electron chi connectivity index (χ1n) is 6.98. The van der Waals surface area contributed by atoms with Crippen LogP contribution < -0.4 is 16.0 Å². The zero-order valence-corrected chi connectivity index (χ0v) is 12.8. The zero-order chi connectivity index (χ0) is 16.0. The molecule has 2 aromatic rings. The van der Waals surface area contributed by atoms with Crippen LogP contribution >= 0.6 is 11.3 Å². The maximum atomic E-state index is 9.74. The molecule has 2 aliphatic rings. The summed E-state index contributed by atoms with van der Waals surface area (Å²) >= 11 is 1.53. The molecule has 0 spiro atoms. The summed E-state index contributed by atoms with van der Waals surface area (Å²) in [4.78, 5) is 1.76. The average molecular weight is 317 g/mol. The van der Waals surface area contributed by atoms with E-state index in [1.165, 1.54) is 11.3 Å². The number of fused-ring (bicyclic) bond motifs is 3. The average Bonchev–Trinajstić information content (AvgIpc) is 3.22. The van der Waals surface area contributed by atoms with E-state index in [-0.39, 0.29) is 0 Å². The van der Waals surface area contributed by atoms with Crippen LogP contribution in [0.15, 0.2) is 63.9 Å². The summed E-state index contributed by atoms with van der Waals surface area (Å²) in [7, 11) is 0. The maximum absolute atomic E-state index is 9.74. The lowest BCUT2D eigenvalue weighted by molar-refractivity contribution is 0.872. The van der Waals surface area contributed by atoms with Crippen molar-refractivity contribution in [3.05, 3.63) is 69.4 Å². The number of nitrogens with zero attached hydrogens (tertiary/aromatic N) is 3. The lowest BCUT2D eigenvalue weighted by Crippen LogP contribution is -2.34. The van der Waals surface area contributed by atoms with Gasteiger partial charge in [-0.2, -0.15) is 21.9 Å². The minimum absolute atomic E-state index is 0.371. The van der Waals surface area contributed by atoms with Gasteiger partial charge in [0.2, 0.25) is 0 Å². The van der Waals surface area contributed by atoms with E-state index in [1.54, 1.807) is 4.90 Å². The molecule has 0 fully saturated rings. The molecular formula is C17H11N5S. The lowest BCUT2D eigenvalue weighted by atomic mass is 9.84. The minimum atomic E-state index is -0.427. The molecule has 1 aromatic carbocycles. The smallest absolute Gasteiger partial charge is 0.131 e. The number of rotatable bonds is 1. The summed E-state index contributed by atoms with van der Waals surface area (Å²) in [6.45, 7) is 0. The highest BCUT2D eigenvalue weighted by atomic mass is 32.1. The fourth-order valence-electron chi connectivity index (χ4n) is 3.08. The van der Waals surface area contributed by atoms with E-state index in [1.807, 2.05) is 41.1 Å². The molecule has 0 aliphatic carbocycles. The van der Waals surface area contributed by atoms with Crippen molar-refractivity contribution < 1.29 is 0 Å². The first-order chi connectivity index (χ1) is 11.3. The van der Waals surface area contributed by atoms with Gasteiger partial charge in [0.1, 0.15) is 11.6 Å². The maximum Gasteiger partial charge on any atom is 0.131 e. The predicted molar refractivity (Wildman–Crippen MR) is 89.1 cm³/mol. The highest BCUT2D eigenvalue weighted by molar-refractivity contribution is 7.08. The number of hydrogen-bond donors (Lipinski definition) is 2. The summed E-state index contributed by atoms with van der Waals surface area (Å²) < 4.78 is 0. The van der Waals surface area contributed by atoms with Crippen LogP contribution in [0.5, 0.6) is 0 Å². The minimum Gasteiger partial charge on any atom is -0.384 e. The van der Waals surface area contributed by atoms with Crippen LogP contribution in [0.2, 0.25) is 0 Å². The van der Waals surface area contributed by atoms with E-state index >= 15 is 0 Å². The Balaban J connectivity index is 1.99. The van der Waals surface area contributed by atoms with Crippen LogP contribution in [-0.2, 0) is 0 Å². The van der Waals surface area contributed by atoms with Crippen LogP contribution in [0.3, 0.4) is 0 Å². The van der Waals surface area contributed by atoms with Crippen LogP contribution in [-0.4, -0.2) is 0 Å². The van der Waals surface area contributed by atoms with Crippen molar-refractivity contribution in [1.82, 2.24) is 0 Å². The molecular weight excluding hydrogens is 306 g/mol. The highest BCUT2D eigenvalue weighted by Crippen LogP contribution is 2.47. The van der Waals surface area contributed by atoms with Crippen LogP contribution in [0, 0.1) is 22.7 Å². The molecule has 110 valence electrons. The van der Waals surface area contributed by atoms with E-state index in [0.29, 0.717) is 22.8 Å². The van der Waals surface area contributed by atoms with Crippen LogP contribution in [0.4, 0.5) is 11.4 Å². The van der Waals surface area contributed by atoms with Crippen molar-refractivity contribution in [2.45, 2.75) is 5.92 Å². The molecule has 2 aliphatic heterocycles. The molecule has 1 aromatic heterocycles. The second kappa shape index (κ2) is 4.91. The fraction of sp³-hybridized carbons (Fsp3) is 0.0588. The van der Waals surface area contributed by atoms with Gasteiger partial charge in [0.15, 0.2) is 0 Å². The molecule has 1 atom stereocenters. The quantitative estimate of drug-likeness (QED) is 0.843.